The fourth-order valence-electron chi connectivity index (χ4n) is 3.11. The Labute approximate surface area is 170 Å². The minimum atomic E-state index is -0.392. The van der Waals surface area contributed by atoms with Crippen molar-refractivity contribution in [1.82, 2.24) is 15.2 Å². The monoisotopic (exact) mass is 397 g/mol. The van der Waals surface area contributed by atoms with Crippen LogP contribution in [0.1, 0.15) is 11.1 Å². The second-order valence-electron chi connectivity index (χ2n) is 6.84. The van der Waals surface area contributed by atoms with Crippen LogP contribution in [0.15, 0.2) is 60.1 Å². The van der Waals surface area contributed by atoms with Crippen molar-refractivity contribution in [2.24, 2.45) is 0 Å². The lowest BCUT2D eigenvalue weighted by Crippen LogP contribution is -2.35. The number of likely N-dealkylation sites (N-methyl/N-ethyl adjacent to an activating group) is 2. The van der Waals surface area contributed by atoms with Crippen LogP contribution >= 0.6 is 11.3 Å². The average Bonchev–Trinajstić information content (AvgIpc) is 3.22. The first-order valence-electron chi connectivity index (χ1n) is 9.36. The van der Waals surface area contributed by atoms with Gasteiger partial charge in [-0.3, -0.25) is 4.90 Å². The van der Waals surface area contributed by atoms with E-state index < -0.39 is 6.10 Å². The zero-order valence-corrected chi connectivity index (χ0v) is 17.2. The van der Waals surface area contributed by atoms with E-state index in [1.165, 1.54) is 0 Å². The van der Waals surface area contributed by atoms with Gasteiger partial charge in [-0.15, -0.1) is 11.3 Å². The molecule has 3 aromatic rings. The molecule has 2 aromatic carbocycles. The number of rotatable bonds is 10. The molecule has 0 fully saturated rings. The smallest absolute Gasteiger partial charge is 0.124 e. The summed E-state index contributed by atoms with van der Waals surface area (Å²) in [5.41, 5.74) is 3.33. The Morgan fingerprint density at radius 2 is 2.07 bits per heavy atom. The Balaban J connectivity index is 1.63. The fourth-order valence-corrected chi connectivity index (χ4v) is 3.75. The highest BCUT2D eigenvalue weighted by Crippen LogP contribution is 2.24. The van der Waals surface area contributed by atoms with E-state index in [0.29, 0.717) is 19.7 Å². The summed E-state index contributed by atoms with van der Waals surface area (Å²) in [6, 6.07) is 16.4. The maximum Gasteiger partial charge on any atom is 0.124 e. The third-order valence-corrected chi connectivity index (χ3v) is 5.20. The molecule has 0 saturated heterocycles. The van der Waals surface area contributed by atoms with Gasteiger partial charge in [0.25, 0.3) is 0 Å². The third kappa shape index (κ3) is 5.87. The molecule has 0 unspecified atom stereocenters. The summed E-state index contributed by atoms with van der Waals surface area (Å²) in [5, 5.41) is 16.0. The van der Waals surface area contributed by atoms with Crippen molar-refractivity contribution in [2.75, 3.05) is 27.2 Å². The van der Waals surface area contributed by atoms with Gasteiger partial charge in [-0.2, -0.15) is 0 Å². The Kier molecular flexibility index (Phi) is 7.56. The van der Waals surface area contributed by atoms with Crippen LogP contribution in [0.5, 0.6) is 5.75 Å². The van der Waals surface area contributed by atoms with Crippen molar-refractivity contribution in [2.45, 2.75) is 19.3 Å². The van der Waals surface area contributed by atoms with Gasteiger partial charge in [-0.05, 0) is 31.8 Å². The molecule has 1 aromatic heterocycles. The number of nitrogens with zero attached hydrogens (tertiary/aromatic N) is 2. The number of aliphatic hydroxyl groups is 1. The number of ether oxygens (including phenoxy) is 1. The summed E-state index contributed by atoms with van der Waals surface area (Å²) in [6.07, 6.45) is 1.43. The molecule has 148 valence electrons. The maximum absolute atomic E-state index is 9.98. The minimum absolute atomic E-state index is 0.392. The van der Waals surface area contributed by atoms with Crippen molar-refractivity contribution in [3.63, 3.8) is 0 Å². The van der Waals surface area contributed by atoms with Crippen molar-refractivity contribution in [1.29, 1.82) is 0 Å². The second-order valence-corrected chi connectivity index (χ2v) is 7.74. The largest absolute Gasteiger partial charge is 0.489 e. The summed E-state index contributed by atoms with van der Waals surface area (Å²) in [4.78, 5) is 6.48. The highest BCUT2D eigenvalue weighted by molar-refractivity contribution is 7.13. The number of para-hydroxylation sites is 1. The van der Waals surface area contributed by atoms with E-state index in [1.54, 1.807) is 11.3 Å². The fraction of sp³-hybridized carbons (Fsp3) is 0.318. The molecule has 0 aliphatic heterocycles. The maximum atomic E-state index is 9.98. The molecular formula is C22H27N3O2S. The van der Waals surface area contributed by atoms with Crippen molar-refractivity contribution >= 4 is 11.3 Å². The number of aliphatic hydroxyl groups excluding tert-OH is 1. The lowest BCUT2D eigenvalue weighted by atomic mass is 10.1. The van der Waals surface area contributed by atoms with Gasteiger partial charge in [0.1, 0.15) is 17.4 Å². The molecule has 0 radical (unpaired) electrons. The van der Waals surface area contributed by atoms with Gasteiger partial charge in [-0.25, -0.2) is 4.98 Å². The first-order chi connectivity index (χ1) is 13.7. The van der Waals surface area contributed by atoms with Gasteiger partial charge in [-0.1, -0.05) is 36.4 Å². The van der Waals surface area contributed by atoms with Crippen molar-refractivity contribution < 1.29 is 9.84 Å². The van der Waals surface area contributed by atoms with Gasteiger partial charge < -0.3 is 15.2 Å². The van der Waals surface area contributed by atoms with Crippen LogP contribution in [0, 0.1) is 0 Å². The number of benzene rings is 2. The lowest BCUT2D eigenvalue weighted by Gasteiger charge is -2.22. The average molecular weight is 398 g/mol. The van der Waals surface area contributed by atoms with E-state index in [0.717, 1.165) is 34.0 Å². The van der Waals surface area contributed by atoms with Crippen molar-refractivity contribution in [3.05, 3.63) is 71.2 Å². The summed E-state index contributed by atoms with van der Waals surface area (Å²) < 4.78 is 6.13. The number of nitrogens with one attached hydrogen (secondary N) is 1. The molecular weight excluding hydrogens is 370 g/mol. The van der Waals surface area contributed by atoms with E-state index in [9.17, 15) is 5.11 Å². The quantitative estimate of drug-likeness (QED) is 0.549. The molecule has 0 spiro atoms. The molecule has 0 aliphatic carbocycles. The topological polar surface area (TPSA) is 57.6 Å². The van der Waals surface area contributed by atoms with E-state index in [2.05, 4.69) is 39.5 Å². The van der Waals surface area contributed by atoms with Gasteiger partial charge in [0.2, 0.25) is 0 Å². The Hall–Kier alpha value is -2.25. The van der Waals surface area contributed by atoms with E-state index >= 15 is 0 Å². The molecule has 3 rings (SSSR count). The zero-order chi connectivity index (χ0) is 19.8. The van der Waals surface area contributed by atoms with E-state index in [1.807, 2.05) is 49.9 Å². The summed E-state index contributed by atoms with van der Waals surface area (Å²) in [7, 11) is 3.85. The van der Waals surface area contributed by atoms with E-state index in [4.69, 9.17) is 4.74 Å². The highest BCUT2D eigenvalue weighted by atomic mass is 32.1. The highest BCUT2D eigenvalue weighted by Gasteiger charge is 2.11. The van der Waals surface area contributed by atoms with Gasteiger partial charge in [0, 0.05) is 42.3 Å². The van der Waals surface area contributed by atoms with Crippen LogP contribution in [0.25, 0.3) is 10.6 Å². The minimum Gasteiger partial charge on any atom is -0.489 e. The number of hydrogen-bond donors (Lipinski definition) is 2. The number of thiazole rings is 1. The molecule has 0 saturated carbocycles. The Bertz CT molecular complexity index is 855. The van der Waals surface area contributed by atoms with E-state index in [-0.39, 0.29) is 0 Å². The molecule has 5 nitrogen and oxygen atoms in total. The van der Waals surface area contributed by atoms with Gasteiger partial charge in [0.05, 0.1) is 6.10 Å². The first-order valence-corrected chi connectivity index (χ1v) is 10.2. The van der Waals surface area contributed by atoms with Crippen LogP contribution in [-0.2, 0) is 13.2 Å². The molecule has 28 heavy (non-hydrogen) atoms. The Morgan fingerprint density at radius 3 is 2.86 bits per heavy atom. The number of aromatic nitrogens is 1. The predicted molar refractivity (Wildman–Crippen MR) is 115 cm³/mol. The molecule has 2 N–H and O–H groups in total. The summed E-state index contributed by atoms with van der Waals surface area (Å²) in [5.74, 6) is 0.872. The predicted octanol–water partition coefficient (Wildman–Crippen LogP) is 3.40. The SMILES string of the molecule is CNC[C@@H](O)CN(C)Cc1ccccc1OCc1cccc(-c2nccs2)c1. The van der Waals surface area contributed by atoms with Crippen LogP contribution in [0.3, 0.4) is 0 Å². The molecule has 0 amide bonds. The van der Waals surface area contributed by atoms with Gasteiger partial charge in [0.15, 0.2) is 0 Å². The molecule has 0 bridgehead atoms. The van der Waals surface area contributed by atoms with Crippen molar-refractivity contribution in [3.8, 4) is 16.3 Å². The van der Waals surface area contributed by atoms with Gasteiger partial charge >= 0.3 is 0 Å². The Morgan fingerprint density at radius 1 is 1.21 bits per heavy atom. The summed E-state index contributed by atoms with van der Waals surface area (Å²) in [6.45, 7) is 2.40. The third-order valence-electron chi connectivity index (χ3n) is 4.38. The van der Waals surface area contributed by atoms with Crippen LogP contribution in [0.4, 0.5) is 0 Å². The molecule has 1 heterocycles. The summed E-state index contributed by atoms with van der Waals surface area (Å²) >= 11 is 1.63. The second kappa shape index (κ2) is 10.3. The molecule has 0 aliphatic rings. The van der Waals surface area contributed by atoms with Crippen LogP contribution in [0.2, 0.25) is 0 Å². The standard InChI is InChI=1S/C22H27N3O2S/c1-23-13-20(26)15-25(2)14-19-7-3-4-9-21(19)27-16-17-6-5-8-18(12-17)22-24-10-11-28-22/h3-12,20,23,26H,13-16H2,1-2H3/t20-/m1/s1. The van der Waals surface area contributed by atoms with Crippen LogP contribution in [-0.4, -0.2) is 48.3 Å². The molecule has 6 heteroatoms. The number of hydrogen-bond acceptors (Lipinski definition) is 6. The molecule has 1 atom stereocenters. The van der Waals surface area contributed by atoms with Crippen LogP contribution < -0.4 is 10.1 Å². The zero-order valence-electron chi connectivity index (χ0n) is 16.3. The lowest BCUT2D eigenvalue weighted by molar-refractivity contribution is 0.122. The normalized spacial score (nSPS) is 12.3. The first kappa shape index (κ1) is 20.5.